The third-order valence-corrected chi connectivity index (χ3v) is 2.22. The van der Waals surface area contributed by atoms with Gasteiger partial charge in [-0.25, -0.2) is 0 Å². The zero-order valence-electron chi connectivity index (χ0n) is 10.2. The van der Waals surface area contributed by atoms with Gasteiger partial charge in [0.1, 0.15) is 5.82 Å². The topological polar surface area (TPSA) is 78.4 Å². The van der Waals surface area contributed by atoms with E-state index in [4.69, 9.17) is 5.11 Å². The van der Waals surface area contributed by atoms with Crippen molar-refractivity contribution in [1.29, 1.82) is 0 Å². The SMILES string of the molecule is CCCNc1ccc(C(=O)N(C)CCO)nn1. The van der Waals surface area contributed by atoms with Crippen molar-refractivity contribution in [2.24, 2.45) is 0 Å². The van der Waals surface area contributed by atoms with Crippen LogP contribution < -0.4 is 5.32 Å². The average molecular weight is 238 g/mol. The fourth-order valence-corrected chi connectivity index (χ4v) is 1.24. The summed E-state index contributed by atoms with van der Waals surface area (Å²) in [5.74, 6) is 0.418. The number of aromatic nitrogens is 2. The molecule has 0 aromatic carbocycles. The molecule has 6 heteroatoms. The molecule has 0 fully saturated rings. The number of nitrogens with zero attached hydrogens (tertiary/aromatic N) is 3. The van der Waals surface area contributed by atoms with Crippen LogP contribution in [0.2, 0.25) is 0 Å². The van der Waals surface area contributed by atoms with Gasteiger partial charge < -0.3 is 15.3 Å². The predicted molar refractivity (Wildman–Crippen MR) is 64.9 cm³/mol. The molecule has 0 aliphatic heterocycles. The van der Waals surface area contributed by atoms with Crippen LogP contribution in [-0.2, 0) is 0 Å². The number of anilines is 1. The fraction of sp³-hybridized carbons (Fsp3) is 0.545. The van der Waals surface area contributed by atoms with Gasteiger partial charge in [-0.3, -0.25) is 4.79 Å². The highest BCUT2D eigenvalue weighted by molar-refractivity contribution is 5.92. The van der Waals surface area contributed by atoms with Crippen molar-refractivity contribution in [3.8, 4) is 0 Å². The van der Waals surface area contributed by atoms with E-state index < -0.39 is 0 Å². The molecule has 2 N–H and O–H groups in total. The summed E-state index contributed by atoms with van der Waals surface area (Å²) in [4.78, 5) is 13.2. The van der Waals surface area contributed by atoms with E-state index >= 15 is 0 Å². The maximum atomic E-state index is 11.8. The number of amides is 1. The number of likely N-dealkylation sites (N-methyl/N-ethyl adjacent to an activating group) is 1. The number of nitrogens with one attached hydrogen (secondary N) is 1. The first-order chi connectivity index (χ1) is 8.19. The average Bonchev–Trinajstić information content (AvgIpc) is 2.36. The van der Waals surface area contributed by atoms with Crippen molar-refractivity contribution in [1.82, 2.24) is 15.1 Å². The second-order valence-corrected chi connectivity index (χ2v) is 3.68. The minimum Gasteiger partial charge on any atom is -0.395 e. The molecule has 0 aliphatic rings. The lowest BCUT2D eigenvalue weighted by Gasteiger charge is -2.14. The Bertz CT molecular complexity index is 353. The molecule has 1 aromatic rings. The Hall–Kier alpha value is -1.69. The second-order valence-electron chi connectivity index (χ2n) is 3.68. The Balaban J connectivity index is 2.63. The number of aliphatic hydroxyl groups excluding tert-OH is 1. The van der Waals surface area contributed by atoms with E-state index in [1.54, 1.807) is 19.2 Å². The van der Waals surface area contributed by atoms with Crippen molar-refractivity contribution < 1.29 is 9.90 Å². The molecule has 0 unspecified atom stereocenters. The van der Waals surface area contributed by atoms with E-state index in [-0.39, 0.29) is 24.8 Å². The first kappa shape index (κ1) is 13.4. The van der Waals surface area contributed by atoms with Gasteiger partial charge in [-0.05, 0) is 18.6 Å². The molecule has 1 aromatic heterocycles. The molecular formula is C11H18N4O2. The number of carbonyl (C=O) groups is 1. The number of rotatable bonds is 6. The lowest BCUT2D eigenvalue weighted by Crippen LogP contribution is -2.30. The molecule has 1 rings (SSSR count). The molecule has 0 saturated heterocycles. The Morgan fingerprint density at radius 1 is 1.47 bits per heavy atom. The molecular weight excluding hydrogens is 220 g/mol. The van der Waals surface area contributed by atoms with Gasteiger partial charge in [-0.15, -0.1) is 10.2 Å². The lowest BCUT2D eigenvalue weighted by molar-refractivity contribution is 0.0760. The number of hydrogen-bond donors (Lipinski definition) is 2. The summed E-state index contributed by atoms with van der Waals surface area (Å²) in [5.41, 5.74) is 0.281. The third-order valence-electron chi connectivity index (χ3n) is 2.22. The van der Waals surface area contributed by atoms with E-state index in [0.29, 0.717) is 5.82 Å². The molecule has 0 bridgehead atoms. The van der Waals surface area contributed by atoms with Crippen molar-refractivity contribution >= 4 is 11.7 Å². The van der Waals surface area contributed by atoms with Crippen molar-refractivity contribution in [3.63, 3.8) is 0 Å². The van der Waals surface area contributed by atoms with Crippen molar-refractivity contribution in [3.05, 3.63) is 17.8 Å². The van der Waals surface area contributed by atoms with Gasteiger partial charge in [0.25, 0.3) is 5.91 Å². The molecule has 0 radical (unpaired) electrons. The molecule has 0 aliphatic carbocycles. The highest BCUT2D eigenvalue weighted by Gasteiger charge is 2.12. The molecule has 0 spiro atoms. The van der Waals surface area contributed by atoms with Gasteiger partial charge in [-0.2, -0.15) is 0 Å². The van der Waals surface area contributed by atoms with Crippen LogP contribution in [0.4, 0.5) is 5.82 Å². The van der Waals surface area contributed by atoms with Crippen molar-refractivity contribution in [2.45, 2.75) is 13.3 Å². The smallest absolute Gasteiger partial charge is 0.274 e. The Morgan fingerprint density at radius 3 is 2.76 bits per heavy atom. The van der Waals surface area contributed by atoms with E-state index in [0.717, 1.165) is 13.0 Å². The highest BCUT2D eigenvalue weighted by atomic mass is 16.3. The van der Waals surface area contributed by atoms with E-state index in [2.05, 4.69) is 22.4 Å². The summed E-state index contributed by atoms with van der Waals surface area (Å²) in [7, 11) is 1.61. The molecule has 0 saturated carbocycles. The fourth-order valence-electron chi connectivity index (χ4n) is 1.24. The summed E-state index contributed by atoms with van der Waals surface area (Å²) in [6, 6.07) is 3.35. The standard InChI is InChI=1S/C11H18N4O2/c1-3-6-12-10-5-4-9(13-14-10)11(17)15(2)7-8-16/h4-5,16H,3,6-8H2,1-2H3,(H,12,14). The van der Waals surface area contributed by atoms with Gasteiger partial charge in [0.2, 0.25) is 0 Å². The summed E-state index contributed by atoms with van der Waals surface area (Å²) < 4.78 is 0. The zero-order valence-corrected chi connectivity index (χ0v) is 10.2. The van der Waals surface area contributed by atoms with Gasteiger partial charge in [0.05, 0.1) is 6.61 Å². The van der Waals surface area contributed by atoms with Crippen LogP contribution >= 0.6 is 0 Å². The molecule has 17 heavy (non-hydrogen) atoms. The predicted octanol–water partition coefficient (Wildman–Crippen LogP) is 0.363. The van der Waals surface area contributed by atoms with Gasteiger partial charge in [-0.1, -0.05) is 6.92 Å². The Kier molecular flexibility index (Phi) is 5.35. The van der Waals surface area contributed by atoms with Crippen LogP contribution in [0.5, 0.6) is 0 Å². The lowest BCUT2D eigenvalue weighted by atomic mass is 10.3. The minimum atomic E-state index is -0.242. The number of carbonyl (C=O) groups excluding carboxylic acids is 1. The molecule has 1 amide bonds. The largest absolute Gasteiger partial charge is 0.395 e. The van der Waals surface area contributed by atoms with Gasteiger partial charge in [0, 0.05) is 20.1 Å². The molecule has 0 atom stereocenters. The van der Waals surface area contributed by atoms with E-state index in [1.807, 2.05) is 0 Å². The van der Waals surface area contributed by atoms with E-state index in [9.17, 15) is 4.79 Å². The Labute approximate surface area is 101 Å². The molecule has 6 nitrogen and oxygen atoms in total. The zero-order chi connectivity index (χ0) is 12.7. The van der Waals surface area contributed by atoms with Crippen LogP contribution in [0, 0.1) is 0 Å². The molecule has 94 valence electrons. The van der Waals surface area contributed by atoms with Gasteiger partial charge in [0.15, 0.2) is 5.69 Å². The Morgan fingerprint density at radius 2 is 2.24 bits per heavy atom. The van der Waals surface area contributed by atoms with Crippen LogP contribution in [0.1, 0.15) is 23.8 Å². The summed E-state index contributed by atoms with van der Waals surface area (Å²) >= 11 is 0. The monoisotopic (exact) mass is 238 g/mol. The normalized spacial score (nSPS) is 10.1. The van der Waals surface area contributed by atoms with Crippen LogP contribution in [-0.4, -0.2) is 52.9 Å². The van der Waals surface area contributed by atoms with Crippen LogP contribution in [0.3, 0.4) is 0 Å². The number of aliphatic hydroxyl groups is 1. The third kappa shape index (κ3) is 3.99. The summed E-state index contributed by atoms with van der Waals surface area (Å²) in [6.07, 6.45) is 1.00. The highest BCUT2D eigenvalue weighted by Crippen LogP contribution is 2.04. The van der Waals surface area contributed by atoms with Crippen LogP contribution in [0.15, 0.2) is 12.1 Å². The summed E-state index contributed by atoms with van der Waals surface area (Å²) in [5, 5.41) is 19.6. The molecule has 1 heterocycles. The first-order valence-electron chi connectivity index (χ1n) is 5.63. The first-order valence-corrected chi connectivity index (χ1v) is 5.63. The quantitative estimate of drug-likeness (QED) is 0.748. The van der Waals surface area contributed by atoms with Crippen molar-refractivity contribution in [2.75, 3.05) is 32.1 Å². The summed E-state index contributed by atoms with van der Waals surface area (Å²) in [6.45, 7) is 3.11. The maximum absolute atomic E-state index is 11.8. The second kappa shape index (κ2) is 6.80. The van der Waals surface area contributed by atoms with Gasteiger partial charge >= 0.3 is 0 Å². The number of hydrogen-bond acceptors (Lipinski definition) is 5. The maximum Gasteiger partial charge on any atom is 0.274 e. The van der Waals surface area contributed by atoms with E-state index in [1.165, 1.54) is 4.90 Å². The minimum absolute atomic E-state index is 0.0637. The van der Waals surface area contributed by atoms with Crippen LogP contribution in [0.25, 0.3) is 0 Å².